The first-order valence-corrected chi connectivity index (χ1v) is 8.28. The normalized spacial score (nSPS) is 11.3. The van der Waals surface area contributed by atoms with Gasteiger partial charge in [-0.05, 0) is 18.9 Å². The summed E-state index contributed by atoms with van der Waals surface area (Å²) < 4.78 is 23.8. The second-order valence-corrected chi connectivity index (χ2v) is 6.79. The summed E-state index contributed by atoms with van der Waals surface area (Å²) in [6.45, 7) is 4.46. The van der Waals surface area contributed by atoms with Crippen LogP contribution in [0.5, 0.6) is 0 Å². The molecule has 0 aromatic heterocycles. The molecule has 1 aromatic carbocycles. The van der Waals surface area contributed by atoms with Gasteiger partial charge in [0, 0.05) is 6.54 Å². The topological polar surface area (TPSA) is 63.2 Å². The van der Waals surface area contributed by atoms with E-state index in [9.17, 15) is 13.2 Å². The van der Waals surface area contributed by atoms with Crippen LogP contribution in [-0.2, 0) is 20.4 Å². The molecule has 4 nitrogen and oxygen atoms in total. The highest BCUT2D eigenvalue weighted by Gasteiger charge is 2.17. The molecule has 0 aliphatic heterocycles. The van der Waals surface area contributed by atoms with Crippen molar-refractivity contribution in [2.75, 3.05) is 12.3 Å². The summed E-state index contributed by atoms with van der Waals surface area (Å²) in [6, 6.07) is 7.32. The fourth-order valence-electron chi connectivity index (χ4n) is 1.76. The molecule has 0 atom stereocenters. The monoisotopic (exact) mass is 283 g/mol. The zero-order valence-electron chi connectivity index (χ0n) is 11.5. The van der Waals surface area contributed by atoms with Crippen molar-refractivity contribution in [3.05, 3.63) is 35.4 Å². The maximum Gasteiger partial charge on any atom is 0.235 e. The van der Waals surface area contributed by atoms with Gasteiger partial charge >= 0.3 is 0 Å². The SMILES string of the molecule is CCCCNC(=O)CS(=O)(=O)Cc1cccc(C)c1. The molecule has 19 heavy (non-hydrogen) atoms. The van der Waals surface area contributed by atoms with E-state index in [1.807, 2.05) is 32.0 Å². The number of hydrogen-bond acceptors (Lipinski definition) is 3. The second kappa shape index (κ2) is 7.28. The lowest BCUT2D eigenvalue weighted by Crippen LogP contribution is -2.31. The molecule has 1 aromatic rings. The first-order chi connectivity index (χ1) is 8.93. The number of sulfone groups is 1. The zero-order chi connectivity index (χ0) is 14.3. The number of benzene rings is 1. The highest BCUT2D eigenvalue weighted by atomic mass is 32.2. The summed E-state index contributed by atoms with van der Waals surface area (Å²) in [5.41, 5.74) is 1.74. The van der Waals surface area contributed by atoms with Crippen LogP contribution in [0, 0.1) is 6.92 Å². The summed E-state index contributed by atoms with van der Waals surface area (Å²) in [6.07, 6.45) is 1.83. The van der Waals surface area contributed by atoms with Crippen LogP contribution in [0.1, 0.15) is 30.9 Å². The molecule has 0 saturated heterocycles. The predicted molar refractivity (Wildman–Crippen MR) is 76.6 cm³/mol. The minimum atomic E-state index is -3.40. The number of unbranched alkanes of at least 4 members (excludes halogenated alkanes) is 1. The zero-order valence-corrected chi connectivity index (χ0v) is 12.3. The van der Waals surface area contributed by atoms with Crippen molar-refractivity contribution in [3.8, 4) is 0 Å². The van der Waals surface area contributed by atoms with Crippen molar-refractivity contribution in [2.24, 2.45) is 0 Å². The van der Waals surface area contributed by atoms with Crippen LogP contribution in [0.25, 0.3) is 0 Å². The molecule has 0 bridgehead atoms. The van der Waals surface area contributed by atoms with Crippen LogP contribution in [-0.4, -0.2) is 26.6 Å². The third kappa shape index (κ3) is 6.38. The summed E-state index contributed by atoms with van der Waals surface area (Å²) in [5, 5.41) is 2.62. The van der Waals surface area contributed by atoms with E-state index < -0.39 is 21.5 Å². The average molecular weight is 283 g/mol. The second-order valence-electron chi connectivity index (χ2n) is 4.72. The molecule has 0 aliphatic carbocycles. The molecule has 0 heterocycles. The van der Waals surface area contributed by atoms with Crippen molar-refractivity contribution in [1.29, 1.82) is 0 Å². The number of amides is 1. The number of nitrogens with one attached hydrogen (secondary N) is 1. The van der Waals surface area contributed by atoms with Crippen molar-refractivity contribution in [3.63, 3.8) is 0 Å². The Morgan fingerprint density at radius 2 is 2.05 bits per heavy atom. The number of aryl methyl sites for hydroxylation is 1. The Balaban J connectivity index is 2.54. The molecule has 0 unspecified atom stereocenters. The van der Waals surface area contributed by atoms with Gasteiger partial charge in [0.15, 0.2) is 9.84 Å². The lowest BCUT2D eigenvalue weighted by Gasteiger charge is -2.06. The van der Waals surface area contributed by atoms with Gasteiger partial charge in [-0.15, -0.1) is 0 Å². The van der Waals surface area contributed by atoms with E-state index >= 15 is 0 Å². The van der Waals surface area contributed by atoms with Gasteiger partial charge in [-0.1, -0.05) is 43.2 Å². The molecule has 5 heteroatoms. The van der Waals surface area contributed by atoms with Crippen molar-refractivity contribution in [2.45, 2.75) is 32.4 Å². The molecule has 1 N–H and O–H groups in total. The van der Waals surface area contributed by atoms with Crippen LogP contribution < -0.4 is 5.32 Å². The summed E-state index contributed by atoms with van der Waals surface area (Å²) in [7, 11) is -3.40. The molecule has 0 spiro atoms. The molecule has 1 rings (SSSR count). The molecule has 0 aliphatic rings. The number of hydrogen-bond donors (Lipinski definition) is 1. The minimum absolute atomic E-state index is 0.0874. The summed E-state index contributed by atoms with van der Waals surface area (Å²) >= 11 is 0. The van der Waals surface area contributed by atoms with Gasteiger partial charge in [0.1, 0.15) is 5.75 Å². The third-order valence-electron chi connectivity index (χ3n) is 2.67. The Labute approximate surface area is 115 Å². The quantitative estimate of drug-likeness (QED) is 0.776. The standard InChI is InChI=1S/C14H21NO3S/c1-3-4-8-15-14(16)11-19(17,18)10-13-7-5-6-12(2)9-13/h5-7,9H,3-4,8,10-11H2,1-2H3,(H,15,16). The highest BCUT2D eigenvalue weighted by Crippen LogP contribution is 2.09. The Kier molecular flexibility index (Phi) is 6.02. The van der Waals surface area contributed by atoms with Crippen LogP contribution in [0.2, 0.25) is 0 Å². The first-order valence-electron chi connectivity index (χ1n) is 6.45. The van der Waals surface area contributed by atoms with Gasteiger partial charge in [-0.3, -0.25) is 4.79 Å². The molecule has 1 amide bonds. The molecule has 0 radical (unpaired) electrons. The molecular formula is C14H21NO3S. The average Bonchev–Trinajstić information content (AvgIpc) is 2.27. The first kappa shape index (κ1) is 15.7. The third-order valence-corrected chi connectivity index (χ3v) is 4.15. The van der Waals surface area contributed by atoms with E-state index in [-0.39, 0.29) is 5.75 Å². The smallest absolute Gasteiger partial charge is 0.235 e. The Morgan fingerprint density at radius 3 is 2.68 bits per heavy atom. The number of carbonyl (C=O) groups excluding carboxylic acids is 1. The molecule has 0 fully saturated rings. The van der Waals surface area contributed by atoms with E-state index in [0.717, 1.165) is 24.0 Å². The maximum atomic E-state index is 11.9. The highest BCUT2D eigenvalue weighted by molar-refractivity contribution is 7.91. The van der Waals surface area contributed by atoms with Gasteiger partial charge < -0.3 is 5.32 Å². The Morgan fingerprint density at radius 1 is 1.32 bits per heavy atom. The van der Waals surface area contributed by atoms with Gasteiger partial charge in [-0.2, -0.15) is 0 Å². The molecule has 106 valence electrons. The number of carbonyl (C=O) groups is 1. The van der Waals surface area contributed by atoms with Crippen molar-refractivity contribution < 1.29 is 13.2 Å². The van der Waals surface area contributed by atoms with Gasteiger partial charge in [-0.25, -0.2) is 8.42 Å². The van der Waals surface area contributed by atoms with E-state index in [4.69, 9.17) is 0 Å². The van der Waals surface area contributed by atoms with Crippen molar-refractivity contribution in [1.82, 2.24) is 5.32 Å². The maximum absolute atomic E-state index is 11.9. The van der Waals surface area contributed by atoms with E-state index in [1.165, 1.54) is 0 Å². The predicted octanol–water partition coefficient (Wildman–Crippen LogP) is 1.83. The molecule has 0 saturated carbocycles. The van der Waals surface area contributed by atoms with Crippen LogP contribution >= 0.6 is 0 Å². The number of rotatable bonds is 7. The van der Waals surface area contributed by atoms with Crippen molar-refractivity contribution >= 4 is 15.7 Å². The largest absolute Gasteiger partial charge is 0.355 e. The van der Waals surface area contributed by atoms with Crippen LogP contribution in [0.15, 0.2) is 24.3 Å². The molecular weight excluding hydrogens is 262 g/mol. The van der Waals surface area contributed by atoms with Crippen LogP contribution in [0.3, 0.4) is 0 Å². The summed E-state index contributed by atoms with van der Waals surface area (Å²) in [4.78, 5) is 11.5. The van der Waals surface area contributed by atoms with Gasteiger partial charge in [0.05, 0.1) is 5.75 Å². The van der Waals surface area contributed by atoms with Crippen LogP contribution in [0.4, 0.5) is 0 Å². The fraction of sp³-hybridized carbons (Fsp3) is 0.500. The van der Waals surface area contributed by atoms with E-state index in [2.05, 4.69) is 5.32 Å². The minimum Gasteiger partial charge on any atom is -0.355 e. The Bertz CT molecular complexity index is 523. The van der Waals surface area contributed by atoms with Gasteiger partial charge in [0.2, 0.25) is 5.91 Å². The van der Waals surface area contributed by atoms with E-state index in [0.29, 0.717) is 6.54 Å². The lowest BCUT2D eigenvalue weighted by molar-refractivity contribution is -0.118. The van der Waals surface area contributed by atoms with Gasteiger partial charge in [0.25, 0.3) is 0 Å². The fourth-order valence-corrected chi connectivity index (χ4v) is 3.05. The summed E-state index contributed by atoms with van der Waals surface area (Å²) in [5.74, 6) is -0.943. The van der Waals surface area contributed by atoms with E-state index in [1.54, 1.807) is 6.07 Å². The lowest BCUT2D eigenvalue weighted by atomic mass is 10.2. The Hall–Kier alpha value is -1.36.